The monoisotopic (exact) mass is 213 g/mol. The van der Waals surface area contributed by atoms with Crippen LogP contribution in [-0.4, -0.2) is 0 Å². The van der Waals surface area contributed by atoms with Crippen molar-refractivity contribution in [2.24, 2.45) is 0 Å². The van der Waals surface area contributed by atoms with E-state index in [0.717, 1.165) is 0 Å². The topological polar surface area (TPSA) is 23.8 Å². The van der Waals surface area contributed by atoms with Crippen LogP contribution < -0.4 is 0 Å². The minimum absolute atomic E-state index is 0.562. The van der Waals surface area contributed by atoms with Crippen LogP contribution in [0.4, 0.5) is 0 Å². The minimum Gasteiger partial charge on any atom is -0.198 e. The molecular formula is C15H19N. The summed E-state index contributed by atoms with van der Waals surface area (Å²) in [5.74, 6) is 0.701. The molecule has 1 aliphatic rings. The van der Waals surface area contributed by atoms with Gasteiger partial charge in [0.05, 0.1) is 12.5 Å². The molecule has 0 amide bonds. The van der Waals surface area contributed by atoms with Gasteiger partial charge in [-0.1, -0.05) is 49.9 Å². The van der Waals surface area contributed by atoms with E-state index in [0.29, 0.717) is 12.3 Å². The van der Waals surface area contributed by atoms with Gasteiger partial charge in [-0.15, -0.1) is 0 Å². The van der Waals surface area contributed by atoms with Gasteiger partial charge in [-0.3, -0.25) is 0 Å². The molecule has 1 fully saturated rings. The van der Waals surface area contributed by atoms with Gasteiger partial charge < -0.3 is 0 Å². The summed E-state index contributed by atoms with van der Waals surface area (Å²) in [7, 11) is 0. The Labute approximate surface area is 98.1 Å². The Kier molecular flexibility index (Phi) is 3.99. The van der Waals surface area contributed by atoms with Crippen molar-refractivity contribution in [1.29, 1.82) is 5.26 Å². The van der Waals surface area contributed by atoms with Crippen molar-refractivity contribution in [3.05, 3.63) is 35.4 Å². The van der Waals surface area contributed by atoms with E-state index in [9.17, 15) is 0 Å². The molecule has 1 heteroatoms. The largest absolute Gasteiger partial charge is 0.198 e. The molecule has 1 aliphatic carbocycles. The van der Waals surface area contributed by atoms with E-state index in [2.05, 4.69) is 24.3 Å². The lowest BCUT2D eigenvalue weighted by Crippen LogP contribution is -2.01. The first-order valence-electron chi connectivity index (χ1n) is 6.36. The van der Waals surface area contributed by atoms with E-state index in [4.69, 9.17) is 5.26 Å². The van der Waals surface area contributed by atoms with E-state index >= 15 is 0 Å². The van der Waals surface area contributed by atoms with Crippen LogP contribution in [0.3, 0.4) is 0 Å². The fourth-order valence-corrected chi connectivity index (χ4v) is 2.77. The van der Waals surface area contributed by atoms with Gasteiger partial charge in [0.1, 0.15) is 0 Å². The van der Waals surface area contributed by atoms with Crippen LogP contribution in [0.1, 0.15) is 55.6 Å². The molecule has 0 saturated heterocycles. The molecule has 1 saturated carbocycles. The van der Waals surface area contributed by atoms with Crippen LogP contribution >= 0.6 is 0 Å². The number of nitriles is 1. The Hall–Kier alpha value is -1.29. The second kappa shape index (κ2) is 5.70. The number of hydrogen-bond donors (Lipinski definition) is 0. The van der Waals surface area contributed by atoms with E-state index in [-0.39, 0.29) is 0 Å². The highest BCUT2D eigenvalue weighted by Crippen LogP contribution is 2.33. The van der Waals surface area contributed by atoms with Crippen molar-refractivity contribution >= 4 is 0 Å². The van der Waals surface area contributed by atoms with Gasteiger partial charge in [0.25, 0.3) is 0 Å². The normalized spacial score (nSPS) is 17.7. The Bertz CT molecular complexity index is 367. The molecule has 0 unspecified atom stereocenters. The first kappa shape index (κ1) is 11.2. The summed E-state index contributed by atoms with van der Waals surface area (Å²) in [6.07, 6.45) is 8.66. The molecule has 2 rings (SSSR count). The quantitative estimate of drug-likeness (QED) is 0.676. The Balaban J connectivity index is 2.20. The summed E-state index contributed by atoms with van der Waals surface area (Å²) >= 11 is 0. The molecule has 0 heterocycles. The van der Waals surface area contributed by atoms with Crippen LogP contribution in [0, 0.1) is 11.3 Å². The maximum absolute atomic E-state index is 8.85. The summed E-state index contributed by atoms with van der Waals surface area (Å²) in [5.41, 5.74) is 2.68. The van der Waals surface area contributed by atoms with Crippen LogP contribution in [0.15, 0.2) is 24.3 Å². The molecule has 0 spiro atoms. The first-order chi connectivity index (χ1) is 7.92. The predicted molar refractivity (Wildman–Crippen MR) is 66.2 cm³/mol. The highest BCUT2D eigenvalue weighted by atomic mass is 14.3. The van der Waals surface area contributed by atoms with E-state index in [1.807, 2.05) is 6.07 Å². The number of rotatable bonds is 2. The summed E-state index contributed by atoms with van der Waals surface area (Å²) in [4.78, 5) is 0. The molecule has 0 aliphatic heterocycles. The number of hydrogen-bond acceptors (Lipinski definition) is 1. The Morgan fingerprint density at radius 3 is 2.44 bits per heavy atom. The first-order valence-corrected chi connectivity index (χ1v) is 6.36. The Morgan fingerprint density at radius 1 is 1.06 bits per heavy atom. The molecule has 0 bridgehead atoms. The smallest absolute Gasteiger partial charge is 0.0669 e. The molecule has 1 aromatic carbocycles. The number of nitrogens with zero attached hydrogens (tertiary/aromatic N) is 1. The fraction of sp³-hybridized carbons (Fsp3) is 0.533. The van der Waals surface area contributed by atoms with Gasteiger partial charge in [0.2, 0.25) is 0 Å². The van der Waals surface area contributed by atoms with Crippen LogP contribution in [0.5, 0.6) is 0 Å². The minimum atomic E-state index is 0.562. The zero-order valence-corrected chi connectivity index (χ0v) is 9.78. The van der Waals surface area contributed by atoms with Gasteiger partial charge >= 0.3 is 0 Å². The van der Waals surface area contributed by atoms with Gasteiger partial charge in [0, 0.05) is 0 Å². The van der Waals surface area contributed by atoms with Crippen molar-refractivity contribution in [1.82, 2.24) is 0 Å². The summed E-state index contributed by atoms with van der Waals surface area (Å²) < 4.78 is 0. The number of benzene rings is 1. The molecule has 1 aromatic rings. The average molecular weight is 213 g/mol. The van der Waals surface area contributed by atoms with Gasteiger partial charge in [-0.05, 0) is 29.9 Å². The van der Waals surface area contributed by atoms with E-state index in [1.54, 1.807) is 0 Å². The van der Waals surface area contributed by atoms with E-state index < -0.39 is 0 Å². The van der Waals surface area contributed by atoms with Crippen molar-refractivity contribution in [3.63, 3.8) is 0 Å². The SMILES string of the molecule is N#CCc1ccccc1C1CCCCCC1. The van der Waals surface area contributed by atoms with Gasteiger partial charge in [-0.2, -0.15) is 5.26 Å². The van der Waals surface area contributed by atoms with Crippen molar-refractivity contribution in [3.8, 4) is 6.07 Å². The molecule has 0 N–H and O–H groups in total. The molecule has 0 radical (unpaired) electrons. The highest BCUT2D eigenvalue weighted by Gasteiger charge is 2.16. The molecule has 0 atom stereocenters. The molecule has 1 nitrogen and oxygen atoms in total. The van der Waals surface area contributed by atoms with Crippen molar-refractivity contribution in [2.75, 3.05) is 0 Å². The average Bonchev–Trinajstić information content (AvgIpc) is 2.59. The van der Waals surface area contributed by atoms with Crippen molar-refractivity contribution < 1.29 is 0 Å². The standard InChI is InChI=1S/C15H19N/c16-12-11-14-9-5-6-10-15(14)13-7-3-1-2-4-8-13/h5-6,9-10,13H,1-4,7-8,11H2. The zero-order chi connectivity index (χ0) is 11.2. The summed E-state index contributed by atoms with van der Waals surface area (Å²) in [5, 5.41) is 8.85. The van der Waals surface area contributed by atoms with Crippen molar-refractivity contribution in [2.45, 2.75) is 50.9 Å². The van der Waals surface area contributed by atoms with Crippen LogP contribution in [0.2, 0.25) is 0 Å². The molecule has 16 heavy (non-hydrogen) atoms. The van der Waals surface area contributed by atoms with Gasteiger partial charge in [-0.25, -0.2) is 0 Å². The molecule has 0 aromatic heterocycles. The predicted octanol–water partition coefficient (Wildman–Crippen LogP) is 4.19. The fourth-order valence-electron chi connectivity index (χ4n) is 2.77. The lowest BCUT2D eigenvalue weighted by Gasteiger charge is -2.17. The second-order valence-corrected chi connectivity index (χ2v) is 4.72. The lowest BCUT2D eigenvalue weighted by atomic mass is 9.87. The Morgan fingerprint density at radius 2 is 1.75 bits per heavy atom. The lowest BCUT2D eigenvalue weighted by molar-refractivity contribution is 0.589. The molecular weight excluding hydrogens is 194 g/mol. The molecule has 84 valence electrons. The highest BCUT2D eigenvalue weighted by molar-refractivity contribution is 5.32. The third-order valence-corrected chi connectivity index (χ3v) is 3.62. The van der Waals surface area contributed by atoms with Crippen LogP contribution in [0.25, 0.3) is 0 Å². The maximum Gasteiger partial charge on any atom is 0.0669 e. The maximum atomic E-state index is 8.85. The summed E-state index contributed by atoms with van der Waals surface area (Å²) in [6, 6.07) is 10.8. The third-order valence-electron chi connectivity index (χ3n) is 3.62. The summed E-state index contributed by atoms with van der Waals surface area (Å²) in [6.45, 7) is 0. The van der Waals surface area contributed by atoms with Crippen LogP contribution in [-0.2, 0) is 6.42 Å². The second-order valence-electron chi connectivity index (χ2n) is 4.72. The third kappa shape index (κ3) is 2.64. The van der Waals surface area contributed by atoms with Gasteiger partial charge in [0.15, 0.2) is 0 Å². The van der Waals surface area contributed by atoms with E-state index in [1.165, 1.54) is 49.7 Å². The zero-order valence-electron chi connectivity index (χ0n) is 9.78.